The Morgan fingerprint density at radius 2 is 1.88 bits per heavy atom. The summed E-state index contributed by atoms with van der Waals surface area (Å²) in [6.07, 6.45) is 7.66. The van der Waals surface area contributed by atoms with Crippen LogP contribution in [0.15, 0.2) is 35.5 Å². The van der Waals surface area contributed by atoms with E-state index in [1.54, 1.807) is 6.08 Å². The zero-order valence-corrected chi connectivity index (χ0v) is 14.9. The molecule has 0 unspecified atom stereocenters. The van der Waals surface area contributed by atoms with Crippen molar-refractivity contribution in [3.05, 3.63) is 35.5 Å². The van der Waals surface area contributed by atoms with Crippen LogP contribution in [-0.2, 0) is 19.1 Å². The summed E-state index contributed by atoms with van der Waals surface area (Å²) >= 11 is 0. The standard InChI is InChI=1S/C20H26O4/c1-12(2)17-11-18(22)14(4)7-5-6-13(3)8-16(21)9-15-10-19(17)24-20(15)23/h5-7,10,12,14,17,19H,8-9,11H2,1-4H3/t14-,17+,19+/m0/s1. The number of carbonyl (C=O) groups is 3. The van der Waals surface area contributed by atoms with Crippen molar-refractivity contribution in [3.63, 3.8) is 0 Å². The number of hydrogen-bond donors (Lipinski definition) is 0. The first-order valence-corrected chi connectivity index (χ1v) is 8.58. The highest BCUT2D eigenvalue weighted by Crippen LogP contribution is 2.31. The molecule has 0 saturated heterocycles. The minimum Gasteiger partial charge on any atom is -0.454 e. The second-order valence-corrected chi connectivity index (χ2v) is 7.22. The third-order valence-corrected chi connectivity index (χ3v) is 4.74. The number of ether oxygens (including phenoxy) is 1. The third kappa shape index (κ3) is 4.53. The quantitative estimate of drug-likeness (QED) is 0.690. The Balaban J connectivity index is 2.34. The van der Waals surface area contributed by atoms with Crippen LogP contribution in [-0.4, -0.2) is 23.6 Å². The van der Waals surface area contributed by atoms with Crippen LogP contribution in [0.3, 0.4) is 0 Å². The van der Waals surface area contributed by atoms with Gasteiger partial charge in [0.1, 0.15) is 17.7 Å². The van der Waals surface area contributed by atoms with Crippen LogP contribution in [0.4, 0.5) is 0 Å². The largest absolute Gasteiger partial charge is 0.454 e. The van der Waals surface area contributed by atoms with Crippen LogP contribution in [0.5, 0.6) is 0 Å². The number of allylic oxidation sites excluding steroid dienone is 4. The van der Waals surface area contributed by atoms with Gasteiger partial charge in [-0.1, -0.05) is 44.6 Å². The summed E-state index contributed by atoms with van der Waals surface area (Å²) in [5.41, 5.74) is 1.34. The first-order chi connectivity index (χ1) is 11.3. The van der Waals surface area contributed by atoms with Gasteiger partial charge in [-0.25, -0.2) is 4.79 Å². The molecule has 1 aliphatic carbocycles. The predicted octanol–water partition coefficient (Wildman–Crippen LogP) is 3.57. The van der Waals surface area contributed by atoms with E-state index in [9.17, 15) is 14.4 Å². The zero-order valence-electron chi connectivity index (χ0n) is 14.9. The van der Waals surface area contributed by atoms with E-state index in [4.69, 9.17) is 4.74 Å². The summed E-state index contributed by atoms with van der Waals surface area (Å²) in [6, 6.07) is 0. The van der Waals surface area contributed by atoms with Crippen LogP contribution < -0.4 is 0 Å². The van der Waals surface area contributed by atoms with Crippen LogP contribution in [0.1, 0.15) is 47.0 Å². The lowest BCUT2D eigenvalue weighted by atomic mass is 9.83. The SMILES string of the molecule is CC1=CC=C[C@H](C)C(=O)C[C@H](C(C)C)[C@H]2C=C(CC(=O)C1)C(=O)O2. The summed E-state index contributed by atoms with van der Waals surface area (Å²) in [6.45, 7) is 7.80. The van der Waals surface area contributed by atoms with Crippen LogP contribution in [0.2, 0.25) is 0 Å². The summed E-state index contributed by atoms with van der Waals surface area (Å²) in [4.78, 5) is 36.7. The van der Waals surface area contributed by atoms with Crippen molar-refractivity contribution in [1.82, 2.24) is 0 Å². The summed E-state index contributed by atoms with van der Waals surface area (Å²) in [5.74, 6) is -0.344. The third-order valence-electron chi connectivity index (χ3n) is 4.74. The molecule has 0 fully saturated rings. The lowest BCUT2D eigenvalue weighted by Crippen LogP contribution is -2.29. The van der Waals surface area contributed by atoms with E-state index >= 15 is 0 Å². The van der Waals surface area contributed by atoms with Crippen molar-refractivity contribution in [2.75, 3.05) is 0 Å². The van der Waals surface area contributed by atoms with Crippen molar-refractivity contribution in [2.24, 2.45) is 17.8 Å². The summed E-state index contributed by atoms with van der Waals surface area (Å²) in [7, 11) is 0. The Morgan fingerprint density at radius 1 is 1.17 bits per heavy atom. The molecule has 0 spiro atoms. The number of ketones is 2. The molecule has 2 bridgehead atoms. The number of carbonyl (C=O) groups excluding carboxylic acids is 3. The maximum absolute atomic E-state index is 12.5. The van der Waals surface area contributed by atoms with Crippen molar-refractivity contribution in [2.45, 2.75) is 53.1 Å². The van der Waals surface area contributed by atoms with Crippen molar-refractivity contribution in [1.29, 1.82) is 0 Å². The molecule has 24 heavy (non-hydrogen) atoms. The van der Waals surface area contributed by atoms with Gasteiger partial charge in [-0.05, 0) is 18.9 Å². The maximum Gasteiger partial charge on any atom is 0.334 e. The molecule has 4 nitrogen and oxygen atoms in total. The number of Topliss-reactive ketones (excluding diaryl/α,β-unsaturated/α-hetero) is 2. The molecule has 2 rings (SSSR count). The summed E-state index contributed by atoms with van der Waals surface area (Å²) < 4.78 is 5.46. The summed E-state index contributed by atoms with van der Waals surface area (Å²) in [5, 5.41) is 0. The van der Waals surface area contributed by atoms with Gasteiger partial charge in [0, 0.05) is 36.7 Å². The molecular formula is C20H26O4. The fourth-order valence-electron chi connectivity index (χ4n) is 3.13. The van der Waals surface area contributed by atoms with Crippen molar-refractivity contribution < 1.29 is 19.1 Å². The molecule has 1 heterocycles. The number of esters is 1. The minimum absolute atomic E-state index is 0.00304. The van der Waals surface area contributed by atoms with Crippen LogP contribution in [0.25, 0.3) is 0 Å². The number of rotatable bonds is 1. The van der Waals surface area contributed by atoms with Gasteiger partial charge in [-0.3, -0.25) is 9.59 Å². The molecule has 4 heteroatoms. The van der Waals surface area contributed by atoms with E-state index in [2.05, 4.69) is 0 Å². The fourth-order valence-corrected chi connectivity index (χ4v) is 3.13. The Hall–Kier alpha value is -1.97. The Kier molecular flexibility index (Phi) is 5.92. The van der Waals surface area contributed by atoms with Gasteiger partial charge in [0.2, 0.25) is 0 Å². The van der Waals surface area contributed by atoms with E-state index < -0.39 is 12.1 Å². The molecule has 2 aliphatic rings. The maximum atomic E-state index is 12.5. The topological polar surface area (TPSA) is 60.4 Å². The van der Waals surface area contributed by atoms with Crippen LogP contribution >= 0.6 is 0 Å². The Labute approximate surface area is 143 Å². The molecule has 130 valence electrons. The molecule has 3 atom stereocenters. The lowest BCUT2D eigenvalue weighted by molar-refractivity contribution is -0.143. The first kappa shape index (κ1) is 18.4. The Morgan fingerprint density at radius 3 is 2.54 bits per heavy atom. The van der Waals surface area contributed by atoms with E-state index in [0.717, 1.165) is 5.57 Å². The van der Waals surface area contributed by atoms with E-state index in [0.29, 0.717) is 18.4 Å². The van der Waals surface area contributed by atoms with Gasteiger partial charge in [0.25, 0.3) is 0 Å². The highest BCUT2D eigenvalue weighted by molar-refractivity contribution is 5.98. The monoisotopic (exact) mass is 330 g/mol. The number of hydrogen-bond acceptors (Lipinski definition) is 4. The molecule has 0 aromatic carbocycles. The van der Waals surface area contributed by atoms with Crippen molar-refractivity contribution >= 4 is 17.5 Å². The molecular weight excluding hydrogens is 304 g/mol. The smallest absolute Gasteiger partial charge is 0.334 e. The molecule has 0 amide bonds. The zero-order chi connectivity index (χ0) is 17.9. The lowest BCUT2D eigenvalue weighted by Gasteiger charge is -2.25. The normalized spacial score (nSPS) is 29.2. The highest BCUT2D eigenvalue weighted by atomic mass is 16.5. The second kappa shape index (κ2) is 7.73. The molecule has 0 saturated carbocycles. The first-order valence-electron chi connectivity index (χ1n) is 8.58. The molecule has 0 aromatic heterocycles. The average molecular weight is 330 g/mol. The van der Waals surface area contributed by atoms with Gasteiger partial charge in [-0.2, -0.15) is 0 Å². The average Bonchev–Trinajstić information content (AvgIpc) is 2.83. The van der Waals surface area contributed by atoms with Gasteiger partial charge in [0.15, 0.2) is 0 Å². The van der Waals surface area contributed by atoms with E-state index in [1.807, 2.05) is 45.9 Å². The molecule has 0 aromatic rings. The number of fused-ring (bicyclic) bond motifs is 1. The molecule has 0 radical (unpaired) electrons. The van der Waals surface area contributed by atoms with Gasteiger partial charge >= 0.3 is 5.97 Å². The van der Waals surface area contributed by atoms with Crippen molar-refractivity contribution in [3.8, 4) is 0 Å². The minimum atomic E-state index is -0.422. The molecule has 1 aliphatic heterocycles. The van der Waals surface area contributed by atoms with Gasteiger partial charge < -0.3 is 4.74 Å². The van der Waals surface area contributed by atoms with E-state index in [1.165, 1.54) is 0 Å². The van der Waals surface area contributed by atoms with Crippen LogP contribution in [0, 0.1) is 17.8 Å². The fraction of sp³-hybridized carbons (Fsp3) is 0.550. The highest BCUT2D eigenvalue weighted by Gasteiger charge is 2.35. The van der Waals surface area contributed by atoms with Gasteiger partial charge in [0.05, 0.1) is 0 Å². The molecule has 0 N–H and O–H groups in total. The van der Waals surface area contributed by atoms with E-state index in [-0.39, 0.29) is 35.7 Å². The Bertz CT molecular complexity index is 622. The van der Waals surface area contributed by atoms with Gasteiger partial charge in [-0.15, -0.1) is 0 Å². The second-order valence-electron chi connectivity index (χ2n) is 7.22. The predicted molar refractivity (Wildman–Crippen MR) is 92.2 cm³/mol.